The van der Waals surface area contributed by atoms with Gasteiger partial charge in [0.1, 0.15) is 11.7 Å². The molecule has 2 heterocycles. The van der Waals surface area contributed by atoms with Crippen molar-refractivity contribution in [3.63, 3.8) is 0 Å². The molecule has 1 aliphatic rings. The van der Waals surface area contributed by atoms with Crippen molar-refractivity contribution in [3.8, 4) is 0 Å². The SMILES string of the molecule is Cc1nn(C)c(N2CCCc3ccccc32)c1C(=N)N. The first-order valence-corrected chi connectivity index (χ1v) is 6.83. The summed E-state index contributed by atoms with van der Waals surface area (Å²) in [5.41, 5.74) is 9.84. The van der Waals surface area contributed by atoms with Gasteiger partial charge in [0.15, 0.2) is 0 Å². The van der Waals surface area contributed by atoms with Crippen molar-refractivity contribution in [2.75, 3.05) is 11.4 Å². The summed E-state index contributed by atoms with van der Waals surface area (Å²) in [6.07, 6.45) is 2.19. The summed E-state index contributed by atoms with van der Waals surface area (Å²) in [7, 11) is 1.91. The number of nitrogens with zero attached hydrogens (tertiary/aromatic N) is 3. The molecule has 1 aromatic heterocycles. The molecule has 0 atom stereocenters. The monoisotopic (exact) mass is 269 g/mol. The van der Waals surface area contributed by atoms with Crippen LogP contribution in [0, 0.1) is 12.3 Å². The number of aryl methyl sites for hydroxylation is 3. The van der Waals surface area contributed by atoms with E-state index in [2.05, 4.69) is 28.2 Å². The Labute approximate surface area is 118 Å². The van der Waals surface area contributed by atoms with Crippen molar-refractivity contribution in [1.29, 1.82) is 5.41 Å². The number of nitrogens with two attached hydrogens (primary N) is 1. The minimum absolute atomic E-state index is 0.0775. The lowest BCUT2D eigenvalue weighted by Gasteiger charge is -2.31. The van der Waals surface area contributed by atoms with Gasteiger partial charge in [0.2, 0.25) is 0 Å². The molecule has 3 N–H and O–H groups in total. The number of hydrogen-bond donors (Lipinski definition) is 2. The summed E-state index contributed by atoms with van der Waals surface area (Å²) < 4.78 is 1.83. The van der Waals surface area contributed by atoms with Crippen molar-refractivity contribution in [2.45, 2.75) is 19.8 Å². The standard InChI is InChI=1S/C15H19N5/c1-10-13(14(16)17)15(19(2)18-10)20-9-5-7-11-6-3-4-8-12(11)20/h3-4,6,8H,5,7,9H2,1-2H3,(H3,16,17). The van der Waals surface area contributed by atoms with Gasteiger partial charge in [0, 0.05) is 19.3 Å². The molecule has 0 saturated carbocycles. The van der Waals surface area contributed by atoms with Crippen molar-refractivity contribution in [3.05, 3.63) is 41.1 Å². The van der Waals surface area contributed by atoms with Crippen LogP contribution in [-0.4, -0.2) is 22.2 Å². The highest BCUT2D eigenvalue weighted by Crippen LogP contribution is 2.35. The predicted molar refractivity (Wildman–Crippen MR) is 80.7 cm³/mol. The molecule has 1 aromatic carbocycles. The summed E-state index contributed by atoms with van der Waals surface area (Å²) in [5.74, 6) is 0.996. The fourth-order valence-corrected chi connectivity index (χ4v) is 3.02. The van der Waals surface area contributed by atoms with E-state index in [0.717, 1.165) is 36.5 Å². The van der Waals surface area contributed by atoms with Crippen LogP contribution in [0.25, 0.3) is 0 Å². The Kier molecular flexibility index (Phi) is 2.97. The number of nitrogens with one attached hydrogen (secondary N) is 1. The first-order chi connectivity index (χ1) is 9.59. The van der Waals surface area contributed by atoms with Crippen LogP contribution >= 0.6 is 0 Å². The average Bonchev–Trinajstić information content (AvgIpc) is 2.73. The molecule has 3 rings (SSSR count). The summed E-state index contributed by atoms with van der Waals surface area (Å²) in [4.78, 5) is 2.23. The van der Waals surface area contributed by atoms with Gasteiger partial charge in [0.05, 0.1) is 11.3 Å². The lowest BCUT2D eigenvalue weighted by Crippen LogP contribution is -2.28. The van der Waals surface area contributed by atoms with Crippen molar-refractivity contribution in [1.82, 2.24) is 9.78 Å². The molecule has 1 aliphatic heterocycles. The molecule has 20 heavy (non-hydrogen) atoms. The normalized spacial score (nSPS) is 14.2. The van der Waals surface area contributed by atoms with E-state index in [1.54, 1.807) is 0 Å². The van der Waals surface area contributed by atoms with E-state index in [9.17, 15) is 0 Å². The average molecular weight is 269 g/mol. The van der Waals surface area contributed by atoms with Gasteiger partial charge in [-0.15, -0.1) is 0 Å². The number of amidine groups is 1. The van der Waals surface area contributed by atoms with E-state index in [4.69, 9.17) is 11.1 Å². The Morgan fingerprint density at radius 2 is 2.10 bits per heavy atom. The molecule has 0 radical (unpaired) electrons. The van der Waals surface area contributed by atoms with Crippen LogP contribution in [0.3, 0.4) is 0 Å². The third-order valence-electron chi connectivity index (χ3n) is 3.83. The van der Waals surface area contributed by atoms with Crippen molar-refractivity contribution in [2.24, 2.45) is 12.8 Å². The Balaban J connectivity index is 2.18. The van der Waals surface area contributed by atoms with E-state index in [1.165, 1.54) is 11.3 Å². The molecule has 0 saturated heterocycles. The molecule has 0 spiro atoms. The highest BCUT2D eigenvalue weighted by atomic mass is 15.4. The highest BCUT2D eigenvalue weighted by Gasteiger charge is 2.25. The van der Waals surface area contributed by atoms with Gasteiger partial charge < -0.3 is 10.6 Å². The predicted octanol–water partition coefficient (Wildman–Crippen LogP) is 2.10. The number of nitrogen functional groups attached to an aromatic ring is 1. The molecule has 5 nitrogen and oxygen atoms in total. The second-order valence-electron chi connectivity index (χ2n) is 5.21. The van der Waals surface area contributed by atoms with E-state index in [1.807, 2.05) is 24.7 Å². The lowest BCUT2D eigenvalue weighted by atomic mass is 10.0. The zero-order valence-corrected chi connectivity index (χ0v) is 11.8. The van der Waals surface area contributed by atoms with Gasteiger partial charge in [-0.25, -0.2) is 0 Å². The minimum Gasteiger partial charge on any atom is -0.384 e. The fourth-order valence-electron chi connectivity index (χ4n) is 3.02. The maximum Gasteiger partial charge on any atom is 0.142 e. The molecule has 0 fully saturated rings. The van der Waals surface area contributed by atoms with Crippen LogP contribution in [0.1, 0.15) is 23.2 Å². The Morgan fingerprint density at radius 1 is 1.35 bits per heavy atom. The molecule has 0 bridgehead atoms. The number of aromatic nitrogens is 2. The first-order valence-electron chi connectivity index (χ1n) is 6.83. The molecule has 5 heteroatoms. The van der Waals surface area contributed by atoms with E-state index in [0.29, 0.717) is 0 Å². The number of anilines is 2. The quantitative estimate of drug-likeness (QED) is 0.648. The summed E-state index contributed by atoms with van der Waals surface area (Å²) in [6, 6.07) is 8.41. The van der Waals surface area contributed by atoms with Crippen molar-refractivity contribution < 1.29 is 0 Å². The van der Waals surface area contributed by atoms with Gasteiger partial charge in [0.25, 0.3) is 0 Å². The Bertz CT molecular complexity index is 671. The number of hydrogen-bond acceptors (Lipinski definition) is 3. The van der Waals surface area contributed by atoms with Gasteiger partial charge in [-0.1, -0.05) is 18.2 Å². The van der Waals surface area contributed by atoms with Crippen LogP contribution < -0.4 is 10.6 Å². The van der Waals surface area contributed by atoms with E-state index < -0.39 is 0 Å². The van der Waals surface area contributed by atoms with Crippen LogP contribution in [-0.2, 0) is 13.5 Å². The minimum atomic E-state index is 0.0775. The van der Waals surface area contributed by atoms with E-state index >= 15 is 0 Å². The van der Waals surface area contributed by atoms with Crippen LogP contribution in [0.5, 0.6) is 0 Å². The fraction of sp³-hybridized carbons (Fsp3) is 0.333. The molecular weight excluding hydrogens is 250 g/mol. The Hall–Kier alpha value is -2.30. The number of fused-ring (bicyclic) bond motifs is 1. The van der Waals surface area contributed by atoms with Crippen LogP contribution in [0.15, 0.2) is 24.3 Å². The summed E-state index contributed by atoms with van der Waals surface area (Å²) in [5, 5.41) is 12.3. The van der Waals surface area contributed by atoms with E-state index in [-0.39, 0.29) is 5.84 Å². The number of para-hydroxylation sites is 1. The molecular formula is C15H19N5. The maximum atomic E-state index is 7.83. The third-order valence-corrected chi connectivity index (χ3v) is 3.83. The van der Waals surface area contributed by atoms with Gasteiger partial charge in [-0.3, -0.25) is 10.1 Å². The zero-order chi connectivity index (χ0) is 14.3. The topological polar surface area (TPSA) is 70.9 Å². The highest BCUT2D eigenvalue weighted by molar-refractivity contribution is 6.01. The molecule has 0 unspecified atom stereocenters. The molecule has 104 valence electrons. The maximum absolute atomic E-state index is 7.83. The van der Waals surface area contributed by atoms with Crippen molar-refractivity contribution >= 4 is 17.3 Å². The first kappa shape index (κ1) is 12.7. The van der Waals surface area contributed by atoms with Crippen LogP contribution in [0.4, 0.5) is 11.5 Å². The molecule has 2 aromatic rings. The largest absolute Gasteiger partial charge is 0.384 e. The second kappa shape index (κ2) is 4.67. The number of rotatable bonds is 2. The second-order valence-corrected chi connectivity index (χ2v) is 5.21. The lowest BCUT2D eigenvalue weighted by molar-refractivity contribution is 0.703. The zero-order valence-electron chi connectivity index (χ0n) is 11.8. The van der Waals surface area contributed by atoms with Gasteiger partial charge >= 0.3 is 0 Å². The van der Waals surface area contributed by atoms with Crippen LogP contribution in [0.2, 0.25) is 0 Å². The Morgan fingerprint density at radius 3 is 2.85 bits per heavy atom. The molecule has 0 amide bonds. The summed E-state index contributed by atoms with van der Waals surface area (Å²) in [6.45, 7) is 2.83. The third kappa shape index (κ3) is 1.86. The molecule has 0 aliphatic carbocycles. The summed E-state index contributed by atoms with van der Waals surface area (Å²) >= 11 is 0. The van der Waals surface area contributed by atoms with Gasteiger partial charge in [-0.2, -0.15) is 5.10 Å². The smallest absolute Gasteiger partial charge is 0.142 e. The number of benzene rings is 1. The van der Waals surface area contributed by atoms with Gasteiger partial charge in [-0.05, 0) is 31.4 Å².